The van der Waals surface area contributed by atoms with Crippen molar-refractivity contribution >= 4 is 27.7 Å². The van der Waals surface area contributed by atoms with E-state index in [1.54, 1.807) is 18.2 Å². The number of nitrogens with zero attached hydrogens (tertiary/aromatic N) is 1. The average Bonchev–Trinajstić information content (AvgIpc) is 2.41. The van der Waals surface area contributed by atoms with Crippen molar-refractivity contribution in [1.82, 2.24) is 4.98 Å². The Balaban J connectivity index is 1.88. The van der Waals surface area contributed by atoms with Crippen LogP contribution in [0.2, 0.25) is 0 Å². The van der Waals surface area contributed by atoms with Gasteiger partial charge in [-0.2, -0.15) is 0 Å². The molecule has 1 amide bonds. The number of amides is 1. The molecule has 2 rings (SSSR count). The number of hydrogen-bond donors (Lipinski definition) is 2. The summed E-state index contributed by atoms with van der Waals surface area (Å²) in [4.78, 5) is 15.4. The van der Waals surface area contributed by atoms with Crippen LogP contribution in [0.25, 0.3) is 0 Å². The van der Waals surface area contributed by atoms with Gasteiger partial charge >= 0.3 is 0 Å². The molecule has 0 saturated carbocycles. The van der Waals surface area contributed by atoms with Crippen LogP contribution in [-0.4, -0.2) is 22.6 Å². The van der Waals surface area contributed by atoms with Gasteiger partial charge in [0.25, 0.3) is 5.91 Å². The van der Waals surface area contributed by atoms with Crippen LogP contribution in [0.4, 0.5) is 5.82 Å². The molecule has 0 aliphatic carbocycles. The first-order valence-corrected chi connectivity index (χ1v) is 6.26. The molecule has 0 atom stereocenters. The molecule has 6 heteroatoms. The number of carbonyl (C=O) groups excluding carboxylic acids is 1. The van der Waals surface area contributed by atoms with Gasteiger partial charge in [-0.15, -0.1) is 0 Å². The maximum absolute atomic E-state index is 11.6. The Morgan fingerprint density at radius 2 is 2.05 bits per heavy atom. The van der Waals surface area contributed by atoms with Gasteiger partial charge in [-0.3, -0.25) is 4.79 Å². The van der Waals surface area contributed by atoms with Gasteiger partial charge < -0.3 is 15.2 Å². The van der Waals surface area contributed by atoms with Crippen LogP contribution in [0, 0.1) is 0 Å². The van der Waals surface area contributed by atoms with E-state index in [0.717, 1.165) is 4.47 Å². The first-order chi connectivity index (χ1) is 9.15. The molecular formula is C13H11BrN2O3. The van der Waals surface area contributed by atoms with E-state index in [9.17, 15) is 9.90 Å². The first-order valence-electron chi connectivity index (χ1n) is 5.47. The normalized spacial score (nSPS) is 9.95. The first kappa shape index (κ1) is 13.4. The van der Waals surface area contributed by atoms with Crippen LogP contribution in [0.5, 0.6) is 11.5 Å². The average molecular weight is 323 g/mol. The minimum absolute atomic E-state index is 0.0838. The topological polar surface area (TPSA) is 71.5 Å². The summed E-state index contributed by atoms with van der Waals surface area (Å²) in [5.41, 5.74) is 0. The van der Waals surface area contributed by atoms with Crippen LogP contribution in [0.3, 0.4) is 0 Å². The van der Waals surface area contributed by atoms with E-state index < -0.39 is 5.91 Å². The lowest BCUT2D eigenvalue weighted by Gasteiger charge is -2.07. The molecular weight excluding hydrogens is 312 g/mol. The Kier molecular flexibility index (Phi) is 4.35. The smallest absolute Gasteiger partial charge is 0.263 e. The van der Waals surface area contributed by atoms with Crippen LogP contribution in [0.15, 0.2) is 47.1 Å². The molecule has 5 nitrogen and oxygen atoms in total. The molecule has 0 spiro atoms. The molecule has 2 aromatic rings. The van der Waals surface area contributed by atoms with Crippen molar-refractivity contribution in [2.75, 3.05) is 11.9 Å². The van der Waals surface area contributed by atoms with E-state index in [1.807, 2.05) is 12.1 Å². The van der Waals surface area contributed by atoms with Gasteiger partial charge in [-0.25, -0.2) is 4.98 Å². The third-order valence-electron chi connectivity index (χ3n) is 2.23. The van der Waals surface area contributed by atoms with E-state index in [4.69, 9.17) is 4.74 Å². The molecule has 0 fully saturated rings. The fourth-order valence-electron chi connectivity index (χ4n) is 1.34. The number of hydrogen-bond acceptors (Lipinski definition) is 4. The van der Waals surface area contributed by atoms with Gasteiger partial charge in [0.15, 0.2) is 18.2 Å². The summed E-state index contributed by atoms with van der Waals surface area (Å²) in [5, 5.41) is 11.9. The summed E-state index contributed by atoms with van der Waals surface area (Å²) in [7, 11) is 0. The molecule has 1 aromatic carbocycles. The molecule has 0 aliphatic heterocycles. The fraction of sp³-hybridized carbons (Fsp3) is 0.0769. The molecule has 0 unspecified atom stereocenters. The largest absolute Gasteiger partial charge is 0.504 e. The molecule has 1 heterocycles. The van der Waals surface area contributed by atoms with Crippen molar-refractivity contribution in [3.8, 4) is 11.5 Å². The number of ether oxygens (including phenoxy) is 1. The van der Waals surface area contributed by atoms with E-state index in [1.165, 1.54) is 12.3 Å². The van der Waals surface area contributed by atoms with Crippen molar-refractivity contribution in [3.63, 3.8) is 0 Å². The van der Waals surface area contributed by atoms with Crippen LogP contribution in [0.1, 0.15) is 0 Å². The number of aromatic nitrogens is 1. The van der Waals surface area contributed by atoms with E-state index in [0.29, 0.717) is 5.75 Å². The summed E-state index contributed by atoms with van der Waals surface area (Å²) in [6, 6.07) is 10.1. The number of benzene rings is 1. The molecule has 2 N–H and O–H groups in total. The lowest BCUT2D eigenvalue weighted by molar-refractivity contribution is -0.118. The molecule has 0 aliphatic rings. The molecule has 0 bridgehead atoms. The van der Waals surface area contributed by atoms with Crippen molar-refractivity contribution in [2.45, 2.75) is 0 Å². The molecule has 19 heavy (non-hydrogen) atoms. The zero-order chi connectivity index (χ0) is 13.7. The summed E-state index contributed by atoms with van der Waals surface area (Å²) in [6.07, 6.45) is 1.48. The van der Waals surface area contributed by atoms with Gasteiger partial charge in [0.05, 0.1) is 0 Å². The number of carbonyl (C=O) groups is 1. The highest BCUT2D eigenvalue weighted by Crippen LogP contribution is 2.18. The molecule has 0 saturated heterocycles. The van der Waals surface area contributed by atoms with Crippen molar-refractivity contribution in [3.05, 3.63) is 47.1 Å². The lowest BCUT2D eigenvalue weighted by Crippen LogP contribution is -2.20. The van der Waals surface area contributed by atoms with Gasteiger partial charge in [-0.1, -0.05) is 15.9 Å². The SMILES string of the molecule is O=C(COc1ccc(Br)cc1)Nc1ncccc1O. The highest BCUT2D eigenvalue weighted by atomic mass is 79.9. The highest BCUT2D eigenvalue weighted by Gasteiger charge is 2.07. The van der Waals surface area contributed by atoms with Gasteiger partial charge in [-0.05, 0) is 36.4 Å². The Morgan fingerprint density at radius 3 is 2.74 bits per heavy atom. The summed E-state index contributed by atoms with van der Waals surface area (Å²) < 4.78 is 6.23. The fourth-order valence-corrected chi connectivity index (χ4v) is 1.61. The van der Waals surface area contributed by atoms with Crippen molar-refractivity contribution in [2.24, 2.45) is 0 Å². The Hall–Kier alpha value is -2.08. The van der Waals surface area contributed by atoms with Crippen LogP contribution < -0.4 is 10.1 Å². The minimum Gasteiger partial charge on any atom is -0.504 e. The Labute approximate surface area is 118 Å². The second kappa shape index (κ2) is 6.19. The van der Waals surface area contributed by atoms with Crippen LogP contribution >= 0.6 is 15.9 Å². The third kappa shape index (κ3) is 3.96. The molecule has 1 aromatic heterocycles. The summed E-state index contributed by atoms with van der Waals surface area (Å²) >= 11 is 3.31. The quantitative estimate of drug-likeness (QED) is 0.907. The zero-order valence-electron chi connectivity index (χ0n) is 9.84. The number of rotatable bonds is 4. The second-order valence-corrected chi connectivity index (χ2v) is 4.58. The van der Waals surface area contributed by atoms with Gasteiger partial charge in [0, 0.05) is 10.7 Å². The molecule has 0 radical (unpaired) electrons. The monoisotopic (exact) mass is 322 g/mol. The van der Waals surface area contributed by atoms with E-state index in [-0.39, 0.29) is 18.2 Å². The predicted octanol–water partition coefficient (Wildman–Crippen LogP) is 2.57. The zero-order valence-corrected chi connectivity index (χ0v) is 11.4. The van der Waals surface area contributed by atoms with Crippen molar-refractivity contribution in [1.29, 1.82) is 0 Å². The maximum Gasteiger partial charge on any atom is 0.263 e. The minimum atomic E-state index is -0.392. The Bertz CT molecular complexity index is 572. The third-order valence-corrected chi connectivity index (χ3v) is 2.76. The van der Waals surface area contributed by atoms with E-state index in [2.05, 4.69) is 26.2 Å². The molecule has 98 valence electrons. The second-order valence-electron chi connectivity index (χ2n) is 3.66. The van der Waals surface area contributed by atoms with E-state index >= 15 is 0 Å². The lowest BCUT2D eigenvalue weighted by atomic mass is 10.3. The summed E-state index contributed by atoms with van der Waals surface area (Å²) in [6.45, 7) is -0.155. The van der Waals surface area contributed by atoms with Crippen molar-refractivity contribution < 1.29 is 14.6 Å². The number of nitrogens with one attached hydrogen (secondary N) is 1. The van der Waals surface area contributed by atoms with Gasteiger partial charge in [0.1, 0.15) is 5.75 Å². The predicted molar refractivity (Wildman–Crippen MR) is 74.2 cm³/mol. The van der Waals surface area contributed by atoms with Gasteiger partial charge in [0.2, 0.25) is 0 Å². The van der Waals surface area contributed by atoms with Crippen LogP contribution in [-0.2, 0) is 4.79 Å². The Morgan fingerprint density at radius 1 is 1.32 bits per heavy atom. The number of aromatic hydroxyl groups is 1. The number of pyridine rings is 1. The summed E-state index contributed by atoms with van der Waals surface area (Å²) in [5.74, 6) is 0.229. The number of halogens is 1. The maximum atomic E-state index is 11.6. The highest BCUT2D eigenvalue weighted by molar-refractivity contribution is 9.10. The standard InChI is InChI=1S/C13H11BrN2O3/c14-9-3-5-10(6-4-9)19-8-12(18)16-13-11(17)2-1-7-15-13/h1-7,17H,8H2,(H,15,16,18). The number of anilines is 1.